The van der Waals surface area contributed by atoms with Crippen LogP contribution in [0.3, 0.4) is 0 Å². The van der Waals surface area contributed by atoms with E-state index in [1.54, 1.807) is 11.8 Å². The zero-order chi connectivity index (χ0) is 14.0. The van der Waals surface area contributed by atoms with Gasteiger partial charge in [0, 0.05) is 13.1 Å². The number of nitrogens with two attached hydrogens (primary N) is 2. The van der Waals surface area contributed by atoms with Gasteiger partial charge < -0.3 is 16.4 Å². The molecular weight excluding hydrogens is 278 g/mol. The van der Waals surface area contributed by atoms with Crippen molar-refractivity contribution in [2.24, 2.45) is 11.7 Å². The number of piperidine rings is 1. The third-order valence-electron chi connectivity index (χ3n) is 3.69. The van der Waals surface area contributed by atoms with Crippen molar-refractivity contribution in [2.45, 2.75) is 31.1 Å². The van der Waals surface area contributed by atoms with Crippen LogP contribution < -0.4 is 16.4 Å². The maximum Gasteiger partial charge on any atom is 0.261 e. The van der Waals surface area contributed by atoms with E-state index in [9.17, 15) is 4.79 Å². The summed E-state index contributed by atoms with van der Waals surface area (Å²) in [6.07, 6.45) is 5.70. The Bertz CT molecular complexity index is 473. The summed E-state index contributed by atoms with van der Waals surface area (Å²) < 4.78 is 0. The Morgan fingerprint density at radius 1 is 1.58 bits per heavy atom. The highest BCUT2D eigenvalue weighted by molar-refractivity contribution is 7.99. The first-order valence-corrected chi connectivity index (χ1v) is 8.63. The number of nitrogen functional groups attached to an aromatic ring is 1. The van der Waals surface area contributed by atoms with Crippen molar-refractivity contribution in [1.82, 2.24) is 0 Å². The number of thioether (sulfide) groups is 1. The molecular formula is C13H21N3OS2. The van der Waals surface area contributed by atoms with Gasteiger partial charge in [-0.3, -0.25) is 4.79 Å². The van der Waals surface area contributed by atoms with E-state index in [1.807, 2.05) is 6.26 Å². The SMILES string of the molecule is CCC1CCCN(c2sc(C(N)=O)c(N)c2SC)C1. The Kier molecular flexibility index (Phi) is 4.62. The number of rotatable bonds is 4. The first-order valence-electron chi connectivity index (χ1n) is 6.59. The molecule has 4 N–H and O–H groups in total. The van der Waals surface area contributed by atoms with Crippen LogP contribution in [-0.4, -0.2) is 25.3 Å². The molecule has 0 saturated carbocycles. The molecule has 1 aliphatic rings. The minimum absolute atomic E-state index is 0.423. The molecule has 2 heterocycles. The summed E-state index contributed by atoms with van der Waals surface area (Å²) >= 11 is 3.04. The molecule has 6 heteroatoms. The van der Waals surface area contributed by atoms with E-state index >= 15 is 0 Å². The van der Waals surface area contributed by atoms with Gasteiger partial charge in [0.1, 0.15) is 9.88 Å². The van der Waals surface area contributed by atoms with Crippen LogP contribution in [-0.2, 0) is 0 Å². The van der Waals surface area contributed by atoms with Crippen molar-refractivity contribution in [3.8, 4) is 0 Å². The Morgan fingerprint density at radius 3 is 2.89 bits per heavy atom. The monoisotopic (exact) mass is 299 g/mol. The summed E-state index contributed by atoms with van der Waals surface area (Å²) in [6, 6.07) is 0. The smallest absolute Gasteiger partial charge is 0.261 e. The van der Waals surface area contributed by atoms with E-state index in [0.29, 0.717) is 10.6 Å². The van der Waals surface area contributed by atoms with Gasteiger partial charge in [-0.05, 0) is 25.0 Å². The molecule has 1 unspecified atom stereocenters. The quantitative estimate of drug-likeness (QED) is 0.839. The van der Waals surface area contributed by atoms with Gasteiger partial charge in [0.2, 0.25) is 0 Å². The van der Waals surface area contributed by atoms with Crippen LogP contribution in [0.5, 0.6) is 0 Å². The molecule has 0 bridgehead atoms. The van der Waals surface area contributed by atoms with E-state index in [2.05, 4.69) is 11.8 Å². The number of thiophene rings is 1. The molecule has 1 amide bonds. The number of nitrogens with zero attached hydrogens (tertiary/aromatic N) is 1. The fraction of sp³-hybridized carbons (Fsp3) is 0.615. The largest absolute Gasteiger partial charge is 0.396 e. The van der Waals surface area contributed by atoms with Crippen molar-refractivity contribution < 1.29 is 4.79 Å². The summed E-state index contributed by atoms with van der Waals surface area (Å²) in [6.45, 7) is 4.34. The third kappa shape index (κ3) is 2.84. The number of carbonyl (C=O) groups is 1. The van der Waals surface area contributed by atoms with Crippen LogP contribution in [0, 0.1) is 5.92 Å². The van der Waals surface area contributed by atoms with Crippen LogP contribution >= 0.6 is 23.1 Å². The third-order valence-corrected chi connectivity index (χ3v) is 5.93. The van der Waals surface area contributed by atoms with Gasteiger partial charge in [-0.1, -0.05) is 13.3 Å². The molecule has 4 nitrogen and oxygen atoms in total. The lowest BCUT2D eigenvalue weighted by molar-refractivity contribution is 0.100. The standard InChI is InChI=1S/C13H21N3OS2/c1-3-8-5-4-6-16(7-8)13-11(18-2)9(14)10(19-13)12(15)17/h8H,3-7,14H2,1-2H3,(H2,15,17). The highest BCUT2D eigenvalue weighted by Crippen LogP contribution is 2.44. The highest BCUT2D eigenvalue weighted by Gasteiger charge is 2.26. The fourth-order valence-electron chi connectivity index (χ4n) is 2.59. The predicted molar refractivity (Wildman–Crippen MR) is 84.3 cm³/mol. The normalized spacial score (nSPS) is 19.7. The molecule has 2 rings (SSSR count). The van der Waals surface area contributed by atoms with E-state index in [-0.39, 0.29) is 0 Å². The van der Waals surface area contributed by atoms with Gasteiger partial charge in [-0.2, -0.15) is 0 Å². The van der Waals surface area contributed by atoms with Crippen molar-refractivity contribution in [3.05, 3.63) is 4.88 Å². The van der Waals surface area contributed by atoms with E-state index in [1.165, 1.54) is 30.6 Å². The molecule has 0 spiro atoms. The van der Waals surface area contributed by atoms with Gasteiger partial charge in [-0.25, -0.2) is 0 Å². The lowest BCUT2D eigenvalue weighted by Crippen LogP contribution is -2.34. The van der Waals surface area contributed by atoms with Gasteiger partial charge in [0.15, 0.2) is 0 Å². The highest BCUT2D eigenvalue weighted by atomic mass is 32.2. The second kappa shape index (κ2) is 6.05. The van der Waals surface area contributed by atoms with E-state index in [4.69, 9.17) is 11.5 Å². The van der Waals surface area contributed by atoms with Crippen LogP contribution in [0.15, 0.2) is 4.90 Å². The number of hydrogen-bond donors (Lipinski definition) is 2. The maximum atomic E-state index is 11.4. The predicted octanol–water partition coefficient (Wildman–Crippen LogP) is 2.78. The lowest BCUT2D eigenvalue weighted by Gasteiger charge is -2.33. The van der Waals surface area contributed by atoms with E-state index < -0.39 is 5.91 Å². The Labute approximate surface area is 122 Å². The second-order valence-electron chi connectivity index (χ2n) is 4.91. The first kappa shape index (κ1) is 14.5. The summed E-state index contributed by atoms with van der Waals surface area (Å²) in [5, 5.41) is 1.12. The number of anilines is 2. The summed E-state index contributed by atoms with van der Waals surface area (Å²) in [5.74, 6) is 0.317. The second-order valence-corrected chi connectivity index (χ2v) is 6.73. The van der Waals surface area contributed by atoms with Crippen LogP contribution in [0.25, 0.3) is 0 Å². The number of hydrogen-bond acceptors (Lipinski definition) is 5. The average molecular weight is 299 g/mol. The minimum Gasteiger partial charge on any atom is -0.396 e. The molecule has 0 radical (unpaired) electrons. The van der Waals surface area contributed by atoms with Crippen molar-refractivity contribution >= 4 is 39.7 Å². The van der Waals surface area contributed by atoms with Crippen LogP contribution in [0.2, 0.25) is 0 Å². The number of primary amides is 1. The number of carbonyl (C=O) groups excluding carboxylic acids is 1. The molecule has 0 aliphatic carbocycles. The van der Waals surface area contributed by atoms with Gasteiger partial charge in [0.05, 0.1) is 10.6 Å². The van der Waals surface area contributed by atoms with Crippen molar-refractivity contribution in [3.63, 3.8) is 0 Å². The van der Waals surface area contributed by atoms with Crippen molar-refractivity contribution in [1.29, 1.82) is 0 Å². The molecule has 1 aliphatic heterocycles. The maximum absolute atomic E-state index is 11.4. The minimum atomic E-state index is -0.423. The zero-order valence-electron chi connectivity index (χ0n) is 11.4. The molecule has 19 heavy (non-hydrogen) atoms. The first-order chi connectivity index (χ1) is 9.08. The molecule has 1 saturated heterocycles. The van der Waals surface area contributed by atoms with Crippen LogP contribution in [0.4, 0.5) is 10.7 Å². The van der Waals surface area contributed by atoms with E-state index in [0.717, 1.165) is 28.9 Å². The molecule has 1 fully saturated rings. The summed E-state index contributed by atoms with van der Waals surface area (Å²) in [7, 11) is 0. The van der Waals surface area contributed by atoms with Crippen molar-refractivity contribution in [2.75, 3.05) is 30.0 Å². The fourth-order valence-corrected chi connectivity index (χ4v) is 4.66. The molecule has 106 valence electrons. The lowest BCUT2D eigenvalue weighted by atomic mass is 9.96. The van der Waals surface area contributed by atoms with Gasteiger partial charge in [-0.15, -0.1) is 23.1 Å². The number of amides is 1. The molecule has 1 aromatic heterocycles. The Balaban J connectivity index is 2.33. The van der Waals surface area contributed by atoms with Crippen LogP contribution in [0.1, 0.15) is 35.9 Å². The molecule has 1 aromatic rings. The summed E-state index contributed by atoms with van der Waals surface area (Å²) in [4.78, 5) is 15.3. The topological polar surface area (TPSA) is 72.3 Å². The Morgan fingerprint density at radius 2 is 2.32 bits per heavy atom. The van der Waals surface area contributed by atoms with Gasteiger partial charge >= 0.3 is 0 Å². The summed E-state index contributed by atoms with van der Waals surface area (Å²) in [5.41, 5.74) is 12.0. The van der Waals surface area contributed by atoms with Gasteiger partial charge in [0.25, 0.3) is 5.91 Å². The molecule has 1 atom stereocenters. The molecule has 0 aromatic carbocycles. The Hall–Kier alpha value is -0.880. The average Bonchev–Trinajstić information content (AvgIpc) is 2.75. The zero-order valence-corrected chi connectivity index (χ0v) is 13.1.